The van der Waals surface area contributed by atoms with Crippen molar-refractivity contribution in [2.45, 2.75) is 5.41 Å². The predicted molar refractivity (Wildman–Crippen MR) is 255 cm³/mol. The first kappa shape index (κ1) is 34.7. The van der Waals surface area contributed by atoms with Crippen LogP contribution in [-0.2, 0) is 17.2 Å². The van der Waals surface area contributed by atoms with E-state index >= 15 is 0 Å². The van der Waals surface area contributed by atoms with Crippen LogP contribution in [-0.4, -0.2) is 8.07 Å². The Kier molecular flexibility index (Phi) is 7.68. The molecule has 0 fully saturated rings. The standard InChI is InChI=1S/C55H38NPSSi/c58-57(40-20-4-1-5-21-40)51-34-18-19-35-53(51)59(41-22-6-2-7-23-41,42-24-8-3-9-25-42)54-38-39(36-37-52(54)57)56-49-32-16-14-30-47(49)55(48-31-15-17-33-50(48)56)45-28-12-10-26-43(45)44-27-11-13-29-46(44)55/h1-38H. The highest BCUT2D eigenvalue weighted by molar-refractivity contribution is 8.26. The molecule has 3 aliphatic rings. The summed E-state index contributed by atoms with van der Waals surface area (Å²) in [4.78, 5) is 2.54. The van der Waals surface area contributed by atoms with E-state index in [1.54, 1.807) is 0 Å². The van der Waals surface area contributed by atoms with Gasteiger partial charge in [-0.15, -0.1) is 0 Å². The minimum absolute atomic E-state index is 0.467. The predicted octanol–water partition coefficient (Wildman–Crippen LogP) is 9.28. The van der Waals surface area contributed by atoms with Crippen molar-refractivity contribution in [3.05, 3.63) is 253 Å². The first-order valence-corrected chi connectivity index (χ1v) is 25.2. The summed E-state index contributed by atoms with van der Waals surface area (Å²) in [6, 6.07) is 84.0. The summed E-state index contributed by atoms with van der Waals surface area (Å²) < 4.78 is 0. The smallest absolute Gasteiger partial charge is 0.181 e. The fourth-order valence-corrected chi connectivity index (χ4v) is 22.5. The monoisotopic (exact) mass is 803 g/mol. The second-order valence-electron chi connectivity index (χ2n) is 15.9. The second kappa shape index (κ2) is 13.1. The van der Waals surface area contributed by atoms with Gasteiger partial charge in [-0.25, -0.2) is 0 Å². The third kappa shape index (κ3) is 4.53. The lowest BCUT2D eigenvalue weighted by Crippen LogP contribution is -2.81. The number of benzene rings is 9. The van der Waals surface area contributed by atoms with Crippen molar-refractivity contribution in [2.75, 3.05) is 4.90 Å². The van der Waals surface area contributed by atoms with Gasteiger partial charge in [0.1, 0.15) is 0 Å². The summed E-state index contributed by atoms with van der Waals surface area (Å²) >= 11 is 7.22. The van der Waals surface area contributed by atoms with Gasteiger partial charge < -0.3 is 4.90 Å². The average molecular weight is 804 g/mol. The van der Waals surface area contributed by atoms with Gasteiger partial charge in [0.15, 0.2) is 8.07 Å². The zero-order valence-corrected chi connectivity index (χ0v) is 35.0. The van der Waals surface area contributed by atoms with Crippen molar-refractivity contribution in [3.8, 4) is 11.1 Å². The normalized spacial score (nSPS) is 17.2. The number of para-hydroxylation sites is 2. The molecule has 9 aromatic rings. The molecular weight excluding hydrogens is 766 g/mol. The molecule has 1 unspecified atom stereocenters. The molecule has 9 aromatic carbocycles. The van der Waals surface area contributed by atoms with Crippen LogP contribution in [0, 0.1) is 0 Å². The van der Waals surface area contributed by atoms with Crippen molar-refractivity contribution in [1.29, 1.82) is 0 Å². The largest absolute Gasteiger partial charge is 0.310 e. The van der Waals surface area contributed by atoms with Crippen LogP contribution in [0.2, 0.25) is 0 Å². The first-order valence-electron chi connectivity index (χ1n) is 20.4. The summed E-state index contributed by atoms with van der Waals surface area (Å²) in [5, 5.41) is 9.35. The van der Waals surface area contributed by atoms with Crippen LogP contribution in [0.15, 0.2) is 231 Å². The Labute approximate surface area is 351 Å². The molecular formula is C55H38NPSSi. The summed E-state index contributed by atoms with van der Waals surface area (Å²) in [6.45, 7) is 0. The maximum Gasteiger partial charge on any atom is 0.181 e. The lowest BCUT2D eigenvalue weighted by Gasteiger charge is -2.47. The molecule has 4 heteroatoms. The highest BCUT2D eigenvalue weighted by atomic mass is 32.4. The molecule has 0 saturated carbocycles. The van der Waals surface area contributed by atoms with E-state index in [9.17, 15) is 0 Å². The van der Waals surface area contributed by atoms with Gasteiger partial charge in [0.2, 0.25) is 0 Å². The Morgan fingerprint density at radius 1 is 0.390 bits per heavy atom. The van der Waals surface area contributed by atoms with Crippen LogP contribution in [0.25, 0.3) is 11.1 Å². The van der Waals surface area contributed by atoms with Crippen LogP contribution < -0.4 is 41.6 Å². The molecule has 1 aliphatic carbocycles. The lowest BCUT2D eigenvalue weighted by atomic mass is 9.64. The van der Waals surface area contributed by atoms with Crippen molar-refractivity contribution >= 4 is 79.6 Å². The Balaban J connectivity index is 1.20. The van der Waals surface area contributed by atoms with Crippen LogP contribution >= 0.6 is 6.04 Å². The van der Waals surface area contributed by atoms with Crippen LogP contribution in [0.4, 0.5) is 17.1 Å². The van der Waals surface area contributed by atoms with Crippen molar-refractivity contribution in [1.82, 2.24) is 0 Å². The van der Waals surface area contributed by atoms with E-state index in [1.165, 1.54) is 81.4 Å². The molecule has 59 heavy (non-hydrogen) atoms. The molecule has 0 aromatic heterocycles. The first-order chi connectivity index (χ1) is 29.2. The molecule has 0 amide bonds. The number of nitrogens with zero attached hydrogens (tertiary/aromatic N) is 1. The maximum absolute atomic E-state index is 7.22. The van der Waals surface area contributed by atoms with E-state index in [0.29, 0.717) is 0 Å². The third-order valence-corrected chi connectivity index (χ3v) is 23.5. The minimum Gasteiger partial charge on any atom is -0.310 e. The molecule has 1 spiro atoms. The molecule has 278 valence electrons. The number of rotatable bonds is 4. The summed E-state index contributed by atoms with van der Waals surface area (Å²) in [5.74, 6) is 0. The lowest BCUT2D eigenvalue weighted by molar-refractivity contribution is 0.752. The van der Waals surface area contributed by atoms with Gasteiger partial charge in [0.25, 0.3) is 0 Å². The molecule has 1 atom stereocenters. The second-order valence-corrected chi connectivity index (χ2v) is 23.9. The average Bonchev–Trinajstić information content (AvgIpc) is 3.61. The van der Waals surface area contributed by atoms with Crippen molar-refractivity contribution in [3.63, 3.8) is 0 Å². The highest BCUT2D eigenvalue weighted by Crippen LogP contribution is 2.63. The number of hydrogen-bond acceptors (Lipinski definition) is 2. The van der Waals surface area contributed by atoms with Crippen LogP contribution in [0.5, 0.6) is 0 Å². The summed E-state index contributed by atoms with van der Waals surface area (Å²) in [5.41, 5.74) is 11.0. The molecule has 0 N–H and O–H groups in total. The minimum atomic E-state index is -2.97. The molecule has 12 rings (SSSR count). The van der Waals surface area contributed by atoms with Crippen molar-refractivity contribution < 1.29 is 0 Å². The van der Waals surface area contributed by atoms with E-state index in [4.69, 9.17) is 11.8 Å². The van der Waals surface area contributed by atoms with Gasteiger partial charge >= 0.3 is 0 Å². The Morgan fingerprint density at radius 3 is 1.41 bits per heavy atom. The number of anilines is 3. The van der Waals surface area contributed by atoms with Gasteiger partial charge in [0, 0.05) is 11.7 Å². The van der Waals surface area contributed by atoms with E-state index in [1.807, 2.05) is 0 Å². The molecule has 2 heterocycles. The molecule has 2 aliphatic heterocycles. The topological polar surface area (TPSA) is 3.24 Å². The van der Waals surface area contributed by atoms with Gasteiger partial charge in [-0.1, -0.05) is 218 Å². The third-order valence-electron chi connectivity index (χ3n) is 13.2. The van der Waals surface area contributed by atoms with Gasteiger partial charge in [0.05, 0.1) is 16.8 Å². The summed E-state index contributed by atoms with van der Waals surface area (Å²) in [7, 11) is -2.97. The van der Waals surface area contributed by atoms with Gasteiger partial charge in [-0.2, -0.15) is 0 Å². The molecule has 0 bridgehead atoms. The van der Waals surface area contributed by atoms with Gasteiger partial charge in [-0.3, -0.25) is 0 Å². The maximum atomic E-state index is 7.22. The van der Waals surface area contributed by atoms with Crippen LogP contribution in [0.3, 0.4) is 0 Å². The fourth-order valence-electron chi connectivity index (χ4n) is 11.0. The fraction of sp³-hybridized carbons (Fsp3) is 0.0182. The van der Waals surface area contributed by atoms with E-state index < -0.39 is 19.5 Å². The molecule has 0 radical (unpaired) electrons. The van der Waals surface area contributed by atoms with E-state index in [2.05, 4.69) is 235 Å². The Hall–Kier alpha value is -6.35. The number of hydrogen-bond donors (Lipinski definition) is 0. The van der Waals surface area contributed by atoms with Crippen molar-refractivity contribution in [2.24, 2.45) is 0 Å². The Bertz CT molecular complexity index is 3030. The molecule has 1 nitrogen and oxygen atoms in total. The van der Waals surface area contributed by atoms with E-state index in [0.717, 1.165) is 5.69 Å². The molecule has 0 saturated heterocycles. The van der Waals surface area contributed by atoms with E-state index in [-0.39, 0.29) is 0 Å². The quantitative estimate of drug-likeness (QED) is 0.129. The zero-order valence-electron chi connectivity index (χ0n) is 32.2. The number of fused-ring (bicyclic) bond motifs is 11. The van der Waals surface area contributed by atoms with Crippen LogP contribution in [0.1, 0.15) is 22.3 Å². The van der Waals surface area contributed by atoms with Gasteiger partial charge in [-0.05, 0) is 94.3 Å². The summed E-state index contributed by atoms with van der Waals surface area (Å²) in [6.07, 6.45) is 0. The highest BCUT2D eigenvalue weighted by Gasteiger charge is 2.54. The zero-order chi connectivity index (χ0) is 39.2. The SMILES string of the molecule is S=P1(c2ccccc2)c2ccccc2[Si](c2ccccc2)(c2ccccc2)c2cc(N3c4ccccc4C4(c5ccccc5-c5ccccc54)c4ccccc43)ccc21. The Morgan fingerprint density at radius 2 is 0.831 bits per heavy atom.